The van der Waals surface area contributed by atoms with Gasteiger partial charge in [-0.1, -0.05) is 12.1 Å². The predicted molar refractivity (Wildman–Crippen MR) is 76.0 cm³/mol. The van der Waals surface area contributed by atoms with E-state index < -0.39 is 5.82 Å². The lowest BCUT2D eigenvalue weighted by Gasteiger charge is -2.17. The van der Waals surface area contributed by atoms with E-state index in [0.717, 1.165) is 11.8 Å². The Kier molecular flexibility index (Phi) is 3.74. The molecule has 0 amide bonds. The van der Waals surface area contributed by atoms with Crippen molar-refractivity contribution in [2.45, 2.75) is 26.8 Å². The van der Waals surface area contributed by atoms with Gasteiger partial charge >= 0.3 is 0 Å². The fraction of sp³-hybridized carbons (Fsp3) is 0.250. The topological polar surface area (TPSA) is 32.3 Å². The van der Waals surface area contributed by atoms with Crippen LogP contribution in [0.2, 0.25) is 0 Å². The SMILES string of the molecule is Cc1cc(C)cc(NC(C)c2ccc(O)cc2F)c1. The first kappa shape index (κ1) is 13.4. The maximum absolute atomic E-state index is 13.8. The molecule has 1 atom stereocenters. The Morgan fingerprint density at radius 3 is 2.26 bits per heavy atom. The van der Waals surface area contributed by atoms with Crippen LogP contribution in [-0.2, 0) is 0 Å². The van der Waals surface area contributed by atoms with Gasteiger partial charge in [0.25, 0.3) is 0 Å². The van der Waals surface area contributed by atoms with Crippen LogP contribution < -0.4 is 5.32 Å². The van der Waals surface area contributed by atoms with Gasteiger partial charge in [-0.3, -0.25) is 0 Å². The molecule has 0 aliphatic rings. The first-order valence-electron chi connectivity index (χ1n) is 6.29. The van der Waals surface area contributed by atoms with E-state index in [4.69, 9.17) is 0 Å². The average Bonchev–Trinajstić information content (AvgIpc) is 2.26. The highest BCUT2D eigenvalue weighted by atomic mass is 19.1. The van der Waals surface area contributed by atoms with Crippen LogP contribution in [0.15, 0.2) is 36.4 Å². The summed E-state index contributed by atoms with van der Waals surface area (Å²) in [5.74, 6) is -0.454. The standard InChI is InChI=1S/C16H18FNO/c1-10-6-11(2)8-13(7-10)18-12(3)15-5-4-14(19)9-16(15)17/h4-9,12,18-19H,1-3H3. The van der Waals surface area contributed by atoms with E-state index in [9.17, 15) is 9.50 Å². The Bertz CT molecular complexity index is 575. The van der Waals surface area contributed by atoms with E-state index in [0.29, 0.717) is 5.56 Å². The zero-order valence-electron chi connectivity index (χ0n) is 11.4. The molecule has 0 fully saturated rings. The van der Waals surface area contributed by atoms with Gasteiger partial charge in [-0.15, -0.1) is 0 Å². The van der Waals surface area contributed by atoms with Crippen LogP contribution in [0.5, 0.6) is 5.75 Å². The molecule has 19 heavy (non-hydrogen) atoms. The monoisotopic (exact) mass is 259 g/mol. The largest absolute Gasteiger partial charge is 0.508 e. The van der Waals surface area contributed by atoms with Crippen molar-refractivity contribution >= 4 is 5.69 Å². The average molecular weight is 259 g/mol. The smallest absolute Gasteiger partial charge is 0.132 e. The van der Waals surface area contributed by atoms with Crippen LogP contribution in [0.3, 0.4) is 0 Å². The van der Waals surface area contributed by atoms with Gasteiger partial charge in [-0.05, 0) is 50.1 Å². The van der Waals surface area contributed by atoms with Gasteiger partial charge in [-0.2, -0.15) is 0 Å². The summed E-state index contributed by atoms with van der Waals surface area (Å²) < 4.78 is 13.8. The number of hydrogen-bond donors (Lipinski definition) is 2. The van der Waals surface area contributed by atoms with E-state index >= 15 is 0 Å². The minimum Gasteiger partial charge on any atom is -0.508 e. The number of anilines is 1. The molecule has 2 rings (SSSR count). The maximum atomic E-state index is 13.8. The molecule has 0 aliphatic heterocycles. The molecular formula is C16H18FNO. The summed E-state index contributed by atoms with van der Waals surface area (Å²) in [4.78, 5) is 0. The first-order valence-corrected chi connectivity index (χ1v) is 6.29. The van der Waals surface area contributed by atoms with Crippen molar-refractivity contribution in [2.24, 2.45) is 0 Å². The highest BCUT2D eigenvalue weighted by molar-refractivity contribution is 5.50. The summed E-state index contributed by atoms with van der Waals surface area (Å²) in [6.45, 7) is 5.96. The van der Waals surface area contributed by atoms with Crippen molar-refractivity contribution in [1.82, 2.24) is 0 Å². The fourth-order valence-electron chi connectivity index (χ4n) is 2.25. The molecule has 2 nitrogen and oxygen atoms in total. The molecule has 2 N–H and O–H groups in total. The molecule has 2 aromatic rings. The zero-order valence-corrected chi connectivity index (χ0v) is 11.4. The van der Waals surface area contributed by atoms with Crippen molar-refractivity contribution in [3.05, 3.63) is 58.9 Å². The Hall–Kier alpha value is -2.03. The Balaban J connectivity index is 2.22. The Labute approximate surface area is 112 Å². The number of halogens is 1. The number of phenols is 1. The van der Waals surface area contributed by atoms with Crippen molar-refractivity contribution in [1.29, 1.82) is 0 Å². The van der Waals surface area contributed by atoms with Gasteiger partial charge in [0.05, 0.1) is 6.04 Å². The summed E-state index contributed by atoms with van der Waals surface area (Å²) in [6.07, 6.45) is 0. The number of hydrogen-bond acceptors (Lipinski definition) is 2. The lowest BCUT2D eigenvalue weighted by atomic mass is 10.1. The quantitative estimate of drug-likeness (QED) is 0.860. The zero-order chi connectivity index (χ0) is 14.0. The van der Waals surface area contributed by atoms with Crippen LogP contribution in [0.25, 0.3) is 0 Å². The lowest BCUT2D eigenvalue weighted by Crippen LogP contribution is -2.08. The number of benzene rings is 2. The predicted octanol–water partition coefficient (Wildman–Crippen LogP) is 4.32. The molecule has 3 heteroatoms. The van der Waals surface area contributed by atoms with Crippen molar-refractivity contribution in [3.63, 3.8) is 0 Å². The number of rotatable bonds is 3. The number of aryl methyl sites for hydroxylation is 2. The second-order valence-corrected chi connectivity index (χ2v) is 4.95. The molecule has 0 heterocycles. The van der Waals surface area contributed by atoms with Gasteiger partial charge in [0.15, 0.2) is 0 Å². The van der Waals surface area contributed by atoms with Gasteiger partial charge < -0.3 is 10.4 Å². The third kappa shape index (κ3) is 3.25. The lowest BCUT2D eigenvalue weighted by molar-refractivity contribution is 0.467. The molecule has 0 spiro atoms. The molecule has 0 saturated heterocycles. The maximum Gasteiger partial charge on any atom is 0.132 e. The van der Waals surface area contributed by atoms with Gasteiger partial charge in [-0.25, -0.2) is 4.39 Å². The summed E-state index contributed by atoms with van der Waals surface area (Å²) in [6, 6.07) is 10.2. The van der Waals surface area contributed by atoms with Crippen LogP contribution >= 0.6 is 0 Å². The van der Waals surface area contributed by atoms with E-state index in [2.05, 4.69) is 11.4 Å². The third-order valence-electron chi connectivity index (χ3n) is 3.06. The van der Waals surface area contributed by atoms with Crippen LogP contribution in [-0.4, -0.2) is 5.11 Å². The van der Waals surface area contributed by atoms with E-state index in [1.54, 1.807) is 6.07 Å². The molecule has 0 aromatic heterocycles. The third-order valence-corrected chi connectivity index (χ3v) is 3.06. The van der Waals surface area contributed by atoms with Crippen molar-refractivity contribution in [2.75, 3.05) is 5.32 Å². The molecule has 0 radical (unpaired) electrons. The Morgan fingerprint density at radius 2 is 1.68 bits per heavy atom. The molecule has 0 aliphatic carbocycles. The molecule has 100 valence electrons. The van der Waals surface area contributed by atoms with Crippen LogP contribution in [0, 0.1) is 19.7 Å². The van der Waals surface area contributed by atoms with E-state index in [-0.39, 0.29) is 11.8 Å². The van der Waals surface area contributed by atoms with Gasteiger partial charge in [0, 0.05) is 17.3 Å². The number of nitrogens with one attached hydrogen (secondary N) is 1. The van der Waals surface area contributed by atoms with E-state index in [1.807, 2.05) is 32.9 Å². The second-order valence-electron chi connectivity index (χ2n) is 4.95. The van der Waals surface area contributed by atoms with Crippen molar-refractivity contribution < 1.29 is 9.50 Å². The minimum atomic E-state index is -0.399. The highest BCUT2D eigenvalue weighted by Gasteiger charge is 2.11. The van der Waals surface area contributed by atoms with E-state index in [1.165, 1.54) is 17.2 Å². The van der Waals surface area contributed by atoms with Crippen LogP contribution in [0.4, 0.5) is 10.1 Å². The molecular weight excluding hydrogens is 241 g/mol. The summed E-state index contributed by atoms with van der Waals surface area (Å²) >= 11 is 0. The van der Waals surface area contributed by atoms with Crippen LogP contribution in [0.1, 0.15) is 29.7 Å². The van der Waals surface area contributed by atoms with Crippen molar-refractivity contribution in [3.8, 4) is 5.75 Å². The summed E-state index contributed by atoms with van der Waals surface area (Å²) in [5, 5.41) is 12.5. The first-order chi connectivity index (χ1) is 8.95. The summed E-state index contributed by atoms with van der Waals surface area (Å²) in [7, 11) is 0. The fourth-order valence-corrected chi connectivity index (χ4v) is 2.25. The molecule has 2 aromatic carbocycles. The minimum absolute atomic E-state index is 0.0557. The second kappa shape index (κ2) is 5.31. The number of phenolic OH excluding ortho intramolecular Hbond substituents is 1. The Morgan fingerprint density at radius 1 is 1.05 bits per heavy atom. The highest BCUT2D eigenvalue weighted by Crippen LogP contribution is 2.25. The molecule has 0 bridgehead atoms. The van der Waals surface area contributed by atoms with Gasteiger partial charge in [0.2, 0.25) is 0 Å². The number of aromatic hydroxyl groups is 1. The summed E-state index contributed by atoms with van der Waals surface area (Å²) in [5.41, 5.74) is 3.84. The van der Waals surface area contributed by atoms with Gasteiger partial charge in [0.1, 0.15) is 11.6 Å². The normalized spacial score (nSPS) is 12.2. The molecule has 1 unspecified atom stereocenters. The molecule has 0 saturated carbocycles.